The van der Waals surface area contributed by atoms with Gasteiger partial charge in [0.05, 0.1) is 18.1 Å². The fourth-order valence-electron chi connectivity index (χ4n) is 3.00. The van der Waals surface area contributed by atoms with Crippen LogP contribution in [0.25, 0.3) is 0 Å². The van der Waals surface area contributed by atoms with Crippen LogP contribution in [0.4, 0.5) is 0 Å². The zero-order valence-electron chi connectivity index (χ0n) is 14.5. The van der Waals surface area contributed by atoms with Gasteiger partial charge in [-0.05, 0) is 25.3 Å². The largest absolute Gasteiger partial charge is 0.460 e. The monoisotopic (exact) mass is 341 g/mol. The highest BCUT2D eigenvalue weighted by atomic mass is 16.6. The molecule has 1 fully saturated rings. The lowest BCUT2D eigenvalue weighted by molar-refractivity contribution is -0.159. The van der Waals surface area contributed by atoms with Crippen LogP contribution < -0.4 is 0 Å². The van der Waals surface area contributed by atoms with E-state index in [0.717, 1.165) is 31.5 Å². The molecule has 0 amide bonds. The summed E-state index contributed by atoms with van der Waals surface area (Å²) >= 11 is 0. The number of carbonyl (C=O) groups excluding carboxylic acids is 2. The van der Waals surface area contributed by atoms with E-state index in [4.69, 9.17) is 9.47 Å². The Kier molecular flexibility index (Phi) is 6.37. The van der Waals surface area contributed by atoms with E-state index < -0.39 is 18.2 Å². The van der Waals surface area contributed by atoms with Crippen LogP contribution in [0.15, 0.2) is 11.6 Å². The van der Waals surface area contributed by atoms with Crippen LogP contribution in [0.2, 0.25) is 0 Å². The number of hydrogen-bond acceptors (Lipinski definition) is 7. The zero-order valence-corrected chi connectivity index (χ0v) is 14.5. The Morgan fingerprint density at radius 3 is 2.67 bits per heavy atom. The van der Waals surface area contributed by atoms with E-state index in [1.807, 2.05) is 19.9 Å². The Labute approximate surface area is 142 Å². The molecule has 1 saturated heterocycles. The van der Waals surface area contributed by atoms with E-state index in [0.29, 0.717) is 0 Å². The fraction of sp³-hybridized carbons (Fsp3) is 0.765. The molecule has 2 aliphatic rings. The average molecular weight is 341 g/mol. The van der Waals surface area contributed by atoms with Crippen LogP contribution in [0.1, 0.15) is 33.6 Å². The molecule has 0 aromatic rings. The minimum Gasteiger partial charge on any atom is -0.460 e. The maximum Gasteiger partial charge on any atom is 0.338 e. The van der Waals surface area contributed by atoms with Crippen molar-refractivity contribution in [2.45, 2.75) is 58.0 Å². The van der Waals surface area contributed by atoms with E-state index in [9.17, 15) is 19.8 Å². The summed E-state index contributed by atoms with van der Waals surface area (Å²) in [7, 11) is 0. The summed E-state index contributed by atoms with van der Waals surface area (Å²) < 4.78 is 10.7. The molecule has 2 N–H and O–H groups in total. The average Bonchev–Trinajstić information content (AvgIpc) is 3.14. The third-order valence-corrected chi connectivity index (χ3v) is 4.78. The normalized spacial score (nSPS) is 27.1. The van der Waals surface area contributed by atoms with Crippen LogP contribution in [-0.4, -0.2) is 71.1 Å². The molecule has 2 rings (SSSR count). The number of nitrogens with zero attached hydrogens (tertiary/aromatic N) is 1. The summed E-state index contributed by atoms with van der Waals surface area (Å²) in [5.74, 6) is -1.18. The Morgan fingerprint density at radius 1 is 1.33 bits per heavy atom. The van der Waals surface area contributed by atoms with Crippen molar-refractivity contribution >= 4 is 11.9 Å². The van der Waals surface area contributed by atoms with Crippen molar-refractivity contribution in [2.24, 2.45) is 5.92 Å². The molecule has 5 atom stereocenters. The molecular weight excluding hydrogens is 314 g/mol. The van der Waals surface area contributed by atoms with Gasteiger partial charge in [-0.15, -0.1) is 0 Å². The van der Waals surface area contributed by atoms with Gasteiger partial charge in [0, 0.05) is 13.1 Å². The number of aliphatic hydroxyl groups excluding tert-OH is 2. The number of ether oxygens (including phenoxy) is 2. The molecule has 0 saturated carbocycles. The highest BCUT2D eigenvalue weighted by Crippen LogP contribution is 2.32. The molecule has 136 valence electrons. The number of carbonyl (C=O) groups is 2. The van der Waals surface area contributed by atoms with Crippen LogP contribution in [0.5, 0.6) is 0 Å². The van der Waals surface area contributed by atoms with Crippen molar-refractivity contribution in [2.75, 3.05) is 19.7 Å². The summed E-state index contributed by atoms with van der Waals surface area (Å²) in [4.78, 5) is 25.9. The topological polar surface area (TPSA) is 96.3 Å². The number of hydrogen-bond donors (Lipinski definition) is 2. The SMILES string of the molecule is CCC(C)C(=O)OC1CCN2CC=C(COC(=O)C(O)C(C)O)C12. The second-order valence-electron chi connectivity index (χ2n) is 6.59. The van der Waals surface area contributed by atoms with E-state index in [1.165, 1.54) is 6.92 Å². The van der Waals surface area contributed by atoms with Gasteiger partial charge in [0.2, 0.25) is 0 Å². The van der Waals surface area contributed by atoms with Crippen molar-refractivity contribution in [3.63, 3.8) is 0 Å². The fourth-order valence-corrected chi connectivity index (χ4v) is 3.00. The van der Waals surface area contributed by atoms with Crippen LogP contribution in [-0.2, 0) is 19.1 Å². The molecule has 0 aromatic carbocycles. The van der Waals surface area contributed by atoms with Gasteiger partial charge in [-0.25, -0.2) is 4.79 Å². The molecule has 0 bridgehead atoms. The third-order valence-electron chi connectivity index (χ3n) is 4.78. The molecule has 2 heterocycles. The van der Waals surface area contributed by atoms with E-state index in [-0.39, 0.29) is 30.6 Å². The number of fused-ring (bicyclic) bond motifs is 1. The van der Waals surface area contributed by atoms with Crippen molar-refractivity contribution in [1.29, 1.82) is 0 Å². The first-order chi connectivity index (χ1) is 11.3. The smallest absolute Gasteiger partial charge is 0.338 e. The number of esters is 2. The van der Waals surface area contributed by atoms with Crippen molar-refractivity contribution < 1.29 is 29.3 Å². The standard InChI is InChI=1S/C17H27NO6/c1-4-10(2)16(21)24-13-6-8-18-7-5-12(14(13)18)9-23-17(22)15(20)11(3)19/h5,10-11,13-15,19-20H,4,6-9H2,1-3H3. The minimum absolute atomic E-state index is 0.0289. The quantitative estimate of drug-likeness (QED) is 0.506. The Hall–Kier alpha value is -1.44. The first-order valence-corrected chi connectivity index (χ1v) is 8.51. The molecule has 7 heteroatoms. The van der Waals surface area contributed by atoms with E-state index in [1.54, 1.807) is 0 Å². The second kappa shape index (κ2) is 8.09. The third kappa shape index (κ3) is 4.15. The van der Waals surface area contributed by atoms with E-state index >= 15 is 0 Å². The molecule has 7 nitrogen and oxygen atoms in total. The molecular formula is C17H27NO6. The molecule has 0 aromatic heterocycles. The van der Waals surface area contributed by atoms with Gasteiger partial charge in [-0.3, -0.25) is 9.69 Å². The predicted octanol–water partition coefficient (Wildman–Crippen LogP) is 0.244. The summed E-state index contributed by atoms with van der Waals surface area (Å²) in [6, 6.07) is -0.0745. The van der Waals surface area contributed by atoms with Crippen LogP contribution >= 0.6 is 0 Å². The molecule has 0 aliphatic carbocycles. The summed E-state index contributed by atoms with van der Waals surface area (Å²) in [6.45, 7) is 6.70. The maximum absolute atomic E-state index is 12.0. The lowest BCUT2D eigenvalue weighted by Crippen LogP contribution is -2.38. The molecule has 0 spiro atoms. The van der Waals surface area contributed by atoms with Crippen LogP contribution in [0.3, 0.4) is 0 Å². The van der Waals surface area contributed by atoms with Gasteiger partial charge < -0.3 is 19.7 Å². The lowest BCUT2D eigenvalue weighted by atomic mass is 10.0. The van der Waals surface area contributed by atoms with Gasteiger partial charge in [-0.1, -0.05) is 19.9 Å². The van der Waals surface area contributed by atoms with Gasteiger partial charge in [0.15, 0.2) is 6.10 Å². The second-order valence-corrected chi connectivity index (χ2v) is 6.59. The highest BCUT2D eigenvalue weighted by Gasteiger charge is 2.42. The first kappa shape index (κ1) is 18.9. The summed E-state index contributed by atoms with van der Waals surface area (Å²) in [5.41, 5.74) is 0.876. The Morgan fingerprint density at radius 2 is 2.04 bits per heavy atom. The predicted molar refractivity (Wildman–Crippen MR) is 86.0 cm³/mol. The van der Waals surface area contributed by atoms with Gasteiger partial charge in [-0.2, -0.15) is 0 Å². The van der Waals surface area contributed by atoms with Gasteiger partial charge in [0.25, 0.3) is 0 Å². The zero-order chi connectivity index (χ0) is 17.9. The Balaban J connectivity index is 1.92. The van der Waals surface area contributed by atoms with Gasteiger partial charge in [0.1, 0.15) is 12.7 Å². The Bertz CT molecular complexity index is 503. The number of rotatable bonds is 7. The number of aliphatic hydroxyl groups is 2. The highest BCUT2D eigenvalue weighted by molar-refractivity contribution is 5.75. The van der Waals surface area contributed by atoms with Crippen molar-refractivity contribution in [3.8, 4) is 0 Å². The summed E-state index contributed by atoms with van der Waals surface area (Å²) in [5, 5.41) is 18.7. The molecule has 5 unspecified atom stereocenters. The minimum atomic E-state index is -1.55. The molecule has 24 heavy (non-hydrogen) atoms. The van der Waals surface area contributed by atoms with Crippen LogP contribution in [0, 0.1) is 5.92 Å². The first-order valence-electron chi connectivity index (χ1n) is 8.51. The van der Waals surface area contributed by atoms with E-state index in [2.05, 4.69) is 4.90 Å². The van der Waals surface area contributed by atoms with Crippen molar-refractivity contribution in [1.82, 2.24) is 4.90 Å². The summed E-state index contributed by atoms with van der Waals surface area (Å²) in [6.07, 6.45) is 0.496. The van der Waals surface area contributed by atoms with Crippen molar-refractivity contribution in [3.05, 3.63) is 11.6 Å². The maximum atomic E-state index is 12.0. The lowest BCUT2D eigenvalue weighted by Gasteiger charge is -2.25. The molecule has 2 aliphatic heterocycles. The van der Waals surface area contributed by atoms with Gasteiger partial charge >= 0.3 is 11.9 Å². The molecule has 0 radical (unpaired) electrons.